The summed E-state index contributed by atoms with van der Waals surface area (Å²) >= 11 is 0. The molecule has 16 heavy (non-hydrogen) atoms. The summed E-state index contributed by atoms with van der Waals surface area (Å²) in [5, 5.41) is 3.34. The summed E-state index contributed by atoms with van der Waals surface area (Å²) in [4.78, 5) is 16.5. The van der Waals surface area contributed by atoms with E-state index in [1.807, 2.05) is 0 Å². The maximum atomic E-state index is 11.2. The second kappa shape index (κ2) is 4.07. The molecule has 0 spiro atoms. The van der Waals surface area contributed by atoms with Gasteiger partial charge in [0, 0.05) is 26.2 Å². The van der Waals surface area contributed by atoms with Crippen LogP contribution < -0.4 is 11.1 Å². The van der Waals surface area contributed by atoms with Crippen LogP contribution in [0.1, 0.15) is 30.3 Å². The molecule has 0 amide bonds. The van der Waals surface area contributed by atoms with E-state index in [-0.39, 0.29) is 5.76 Å². The number of fused-ring (bicyclic) bond motifs is 1. The van der Waals surface area contributed by atoms with Gasteiger partial charge in [-0.2, -0.15) is 0 Å². The summed E-state index contributed by atoms with van der Waals surface area (Å²) in [5.41, 5.74) is 1.01. The fourth-order valence-electron chi connectivity index (χ4n) is 2.77. The molecule has 2 aliphatic rings. The number of aromatic nitrogens is 1. The van der Waals surface area contributed by atoms with Crippen molar-refractivity contribution < 1.29 is 4.42 Å². The lowest BCUT2D eigenvalue weighted by atomic mass is 9.95. The highest BCUT2D eigenvalue weighted by Crippen LogP contribution is 2.32. The molecule has 1 atom stereocenters. The topological polar surface area (TPSA) is 61.3 Å². The van der Waals surface area contributed by atoms with E-state index in [1.54, 1.807) is 0 Å². The lowest BCUT2D eigenvalue weighted by Gasteiger charge is -2.35. The molecule has 3 rings (SSSR count). The predicted molar refractivity (Wildman–Crippen MR) is 59.5 cm³/mol. The van der Waals surface area contributed by atoms with Gasteiger partial charge in [0.1, 0.15) is 5.76 Å². The minimum Gasteiger partial charge on any atom is -0.411 e. The van der Waals surface area contributed by atoms with Gasteiger partial charge in [0.05, 0.1) is 11.7 Å². The molecule has 2 heterocycles. The lowest BCUT2D eigenvalue weighted by molar-refractivity contribution is 0.137. The second-order valence-corrected chi connectivity index (χ2v) is 4.55. The Bertz CT molecular complexity index is 417. The molecule has 0 saturated carbocycles. The molecule has 1 fully saturated rings. The van der Waals surface area contributed by atoms with Crippen LogP contribution in [0.5, 0.6) is 0 Å². The van der Waals surface area contributed by atoms with E-state index < -0.39 is 0 Å². The van der Waals surface area contributed by atoms with Crippen molar-refractivity contribution >= 4 is 0 Å². The summed E-state index contributed by atoms with van der Waals surface area (Å²) in [5.74, 6) is 0.588. The zero-order valence-electron chi connectivity index (χ0n) is 9.29. The summed E-state index contributed by atoms with van der Waals surface area (Å²) in [7, 11) is 0. The smallest absolute Gasteiger partial charge is 0.411 e. The number of nitrogens with zero attached hydrogens (tertiary/aromatic N) is 1. The Labute approximate surface area is 93.8 Å². The van der Waals surface area contributed by atoms with Crippen LogP contribution in [0, 0.1) is 0 Å². The standard InChI is InChI=1S/C11H17N3O2/c15-11-13-8-2-1-3-9(10(8)16-11)14-6-4-12-5-7-14/h9,12H,1-7H2,(H,13,15). The molecule has 1 aliphatic carbocycles. The molecule has 1 aromatic heterocycles. The first-order valence-electron chi connectivity index (χ1n) is 6.01. The number of piperazine rings is 1. The SMILES string of the molecule is O=c1[nH]c2c(o1)C(N1CCNCC1)CCC2. The second-order valence-electron chi connectivity index (χ2n) is 4.55. The van der Waals surface area contributed by atoms with E-state index in [0.717, 1.165) is 56.9 Å². The maximum Gasteiger partial charge on any atom is 0.416 e. The first kappa shape index (κ1) is 10.1. The largest absolute Gasteiger partial charge is 0.416 e. The van der Waals surface area contributed by atoms with E-state index in [9.17, 15) is 4.79 Å². The van der Waals surface area contributed by atoms with Gasteiger partial charge in [0.25, 0.3) is 0 Å². The van der Waals surface area contributed by atoms with Crippen LogP contribution in [0.4, 0.5) is 0 Å². The molecule has 1 aliphatic heterocycles. The quantitative estimate of drug-likeness (QED) is 0.716. The normalized spacial score (nSPS) is 26.6. The van der Waals surface area contributed by atoms with Crippen molar-refractivity contribution in [2.75, 3.05) is 26.2 Å². The summed E-state index contributed by atoms with van der Waals surface area (Å²) in [6.07, 6.45) is 3.19. The average Bonchev–Trinajstić information content (AvgIpc) is 2.70. The van der Waals surface area contributed by atoms with Gasteiger partial charge in [-0.25, -0.2) is 4.79 Å². The molecule has 1 aromatic rings. The van der Waals surface area contributed by atoms with Crippen LogP contribution in [0.2, 0.25) is 0 Å². The number of nitrogens with one attached hydrogen (secondary N) is 2. The zero-order valence-corrected chi connectivity index (χ0v) is 9.29. The molecule has 1 saturated heterocycles. The van der Waals surface area contributed by atoms with Crippen LogP contribution >= 0.6 is 0 Å². The molecule has 5 heteroatoms. The first-order chi connectivity index (χ1) is 7.84. The van der Waals surface area contributed by atoms with Crippen LogP contribution in [0.15, 0.2) is 9.21 Å². The fraction of sp³-hybridized carbons (Fsp3) is 0.727. The number of H-pyrrole nitrogens is 1. The number of aromatic amines is 1. The Morgan fingerprint density at radius 1 is 1.31 bits per heavy atom. The Hall–Kier alpha value is -1.07. The third-order valence-corrected chi connectivity index (χ3v) is 3.55. The van der Waals surface area contributed by atoms with Crippen LogP contribution in [-0.4, -0.2) is 36.1 Å². The van der Waals surface area contributed by atoms with Gasteiger partial charge < -0.3 is 9.73 Å². The molecule has 5 nitrogen and oxygen atoms in total. The van der Waals surface area contributed by atoms with E-state index >= 15 is 0 Å². The minimum atomic E-state index is -0.299. The van der Waals surface area contributed by atoms with E-state index in [2.05, 4.69) is 15.2 Å². The van der Waals surface area contributed by atoms with Gasteiger partial charge in [-0.05, 0) is 19.3 Å². The van der Waals surface area contributed by atoms with Crippen LogP contribution in [0.3, 0.4) is 0 Å². The monoisotopic (exact) mass is 223 g/mol. The Morgan fingerprint density at radius 3 is 2.94 bits per heavy atom. The molecule has 1 unspecified atom stereocenters. The first-order valence-corrected chi connectivity index (χ1v) is 6.01. The summed E-state index contributed by atoms with van der Waals surface area (Å²) in [6.45, 7) is 4.14. The third kappa shape index (κ3) is 1.70. The molecular weight excluding hydrogens is 206 g/mol. The van der Waals surface area contributed by atoms with Gasteiger partial charge >= 0.3 is 5.76 Å². The number of rotatable bonds is 1. The summed E-state index contributed by atoms with van der Waals surface area (Å²) in [6, 6.07) is 0.310. The third-order valence-electron chi connectivity index (χ3n) is 3.55. The number of aryl methyl sites for hydroxylation is 1. The Balaban J connectivity index is 1.88. The average molecular weight is 223 g/mol. The van der Waals surface area contributed by atoms with Crippen molar-refractivity contribution in [1.29, 1.82) is 0 Å². The number of hydrogen-bond acceptors (Lipinski definition) is 4. The van der Waals surface area contributed by atoms with E-state index in [1.165, 1.54) is 0 Å². The lowest BCUT2D eigenvalue weighted by Crippen LogP contribution is -2.45. The van der Waals surface area contributed by atoms with Crippen LogP contribution in [-0.2, 0) is 6.42 Å². The zero-order chi connectivity index (χ0) is 11.0. The van der Waals surface area contributed by atoms with Gasteiger partial charge in [-0.1, -0.05) is 0 Å². The van der Waals surface area contributed by atoms with Crippen molar-refractivity contribution in [3.8, 4) is 0 Å². The molecular formula is C11H17N3O2. The Morgan fingerprint density at radius 2 is 2.12 bits per heavy atom. The van der Waals surface area contributed by atoms with Crippen molar-refractivity contribution in [2.45, 2.75) is 25.3 Å². The highest BCUT2D eigenvalue weighted by Gasteiger charge is 2.30. The minimum absolute atomic E-state index is 0.299. The number of hydrogen-bond donors (Lipinski definition) is 2. The number of oxazole rings is 1. The fourth-order valence-corrected chi connectivity index (χ4v) is 2.77. The van der Waals surface area contributed by atoms with Crippen LogP contribution in [0.25, 0.3) is 0 Å². The van der Waals surface area contributed by atoms with E-state index in [4.69, 9.17) is 4.42 Å². The van der Waals surface area contributed by atoms with Gasteiger partial charge in [0.15, 0.2) is 0 Å². The van der Waals surface area contributed by atoms with Gasteiger partial charge in [-0.3, -0.25) is 9.88 Å². The molecule has 0 bridgehead atoms. The van der Waals surface area contributed by atoms with E-state index in [0.29, 0.717) is 6.04 Å². The van der Waals surface area contributed by atoms with Crippen molar-refractivity contribution in [3.63, 3.8) is 0 Å². The Kier molecular flexibility index (Phi) is 2.57. The molecule has 0 radical (unpaired) electrons. The molecule has 88 valence electrons. The van der Waals surface area contributed by atoms with Crippen molar-refractivity contribution in [2.24, 2.45) is 0 Å². The van der Waals surface area contributed by atoms with Crippen molar-refractivity contribution in [3.05, 3.63) is 22.0 Å². The molecule has 0 aromatic carbocycles. The summed E-state index contributed by atoms with van der Waals surface area (Å²) < 4.78 is 5.30. The van der Waals surface area contributed by atoms with Gasteiger partial charge in [0.2, 0.25) is 0 Å². The van der Waals surface area contributed by atoms with Gasteiger partial charge in [-0.15, -0.1) is 0 Å². The molecule has 2 N–H and O–H groups in total. The predicted octanol–water partition coefficient (Wildman–Crippen LogP) is 0.250. The highest BCUT2D eigenvalue weighted by atomic mass is 16.4. The van der Waals surface area contributed by atoms with Crippen molar-refractivity contribution in [1.82, 2.24) is 15.2 Å². The maximum absolute atomic E-state index is 11.2. The highest BCUT2D eigenvalue weighted by molar-refractivity contribution is 5.16.